The summed E-state index contributed by atoms with van der Waals surface area (Å²) in [5.74, 6) is 0. The van der Waals surface area contributed by atoms with Crippen LogP contribution in [0.15, 0.2) is 0 Å². The average Bonchev–Trinajstić information content (AvgIpc) is 2.35. The third-order valence-corrected chi connectivity index (χ3v) is 3.17. The molecule has 0 rings (SSSR count). The van der Waals surface area contributed by atoms with Gasteiger partial charge in [-0.05, 0) is 13.3 Å². The molecule has 3 nitrogen and oxygen atoms in total. The zero-order valence-corrected chi connectivity index (χ0v) is 13.4. The molecule has 0 fully saturated rings. The van der Waals surface area contributed by atoms with Crippen LogP contribution in [0.4, 0.5) is 0 Å². The molecule has 0 heterocycles. The van der Waals surface area contributed by atoms with Gasteiger partial charge in [-0.25, -0.2) is 0 Å². The molecule has 18 heavy (non-hydrogen) atoms. The summed E-state index contributed by atoms with van der Waals surface area (Å²) in [5, 5.41) is 0. The Kier molecular flexibility index (Phi) is 13.7. The molecule has 0 unspecified atom stereocenters. The summed E-state index contributed by atoms with van der Waals surface area (Å²) in [6, 6.07) is 0. The second kappa shape index (κ2) is 13.6. The molecule has 5 heteroatoms. The second-order valence-electron chi connectivity index (χ2n) is 4.14. The molecule has 0 saturated carbocycles. The third-order valence-electron chi connectivity index (χ3n) is 2.63. The number of ether oxygens (including phenoxy) is 2. The number of nitrogens with zero attached hydrogens (tertiary/aromatic N) is 1. The smallest absolute Gasteiger partial charge is 0.133 e. The standard InChI is InChI=1S/C13H27NO2S2/c1-3-5-6-7-8-14(13(17)18)9-10-16-12-11-15-4-2/h3-12H2,1-2H3,(H,17,18). The van der Waals surface area contributed by atoms with Gasteiger partial charge in [0.05, 0.1) is 19.8 Å². The lowest BCUT2D eigenvalue weighted by Gasteiger charge is -2.22. The Hall–Kier alpha value is 0.160. The van der Waals surface area contributed by atoms with E-state index in [1.165, 1.54) is 25.7 Å². The third kappa shape index (κ3) is 11.3. The van der Waals surface area contributed by atoms with Gasteiger partial charge in [-0.3, -0.25) is 0 Å². The molecule has 0 bridgehead atoms. The summed E-state index contributed by atoms with van der Waals surface area (Å²) in [6.45, 7) is 8.74. The van der Waals surface area contributed by atoms with Crippen LogP contribution in [0.25, 0.3) is 0 Å². The molecule has 0 aromatic rings. The molecular formula is C13H27NO2S2. The van der Waals surface area contributed by atoms with Crippen molar-refractivity contribution in [2.24, 2.45) is 0 Å². The monoisotopic (exact) mass is 293 g/mol. The Bertz CT molecular complexity index is 203. The number of rotatable bonds is 12. The molecule has 0 spiro atoms. The lowest BCUT2D eigenvalue weighted by Crippen LogP contribution is -2.31. The molecule has 0 saturated heterocycles. The Balaban J connectivity index is 3.54. The van der Waals surface area contributed by atoms with E-state index in [-0.39, 0.29) is 0 Å². The Morgan fingerprint density at radius 2 is 1.72 bits per heavy atom. The molecule has 0 aliphatic rings. The van der Waals surface area contributed by atoms with Crippen LogP contribution in [0, 0.1) is 0 Å². The molecule has 0 atom stereocenters. The molecular weight excluding hydrogens is 266 g/mol. The maximum Gasteiger partial charge on any atom is 0.133 e. The van der Waals surface area contributed by atoms with Crippen LogP contribution in [0.3, 0.4) is 0 Å². The van der Waals surface area contributed by atoms with E-state index >= 15 is 0 Å². The van der Waals surface area contributed by atoms with E-state index in [0.29, 0.717) is 24.1 Å². The predicted octanol–water partition coefficient (Wildman–Crippen LogP) is 3.14. The maximum absolute atomic E-state index is 5.48. The van der Waals surface area contributed by atoms with Crippen molar-refractivity contribution < 1.29 is 9.47 Å². The Morgan fingerprint density at radius 3 is 2.33 bits per heavy atom. The zero-order chi connectivity index (χ0) is 13.6. The number of thiol groups is 1. The molecule has 0 aromatic carbocycles. The van der Waals surface area contributed by atoms with Crippen LogP contribution < -0.4 is 0 Å². The van der Waals surface area contributed by atoms with Crippen LogP contribution in [0.1, 0.15) is 39.5 Å². The highest BCUT2D eigenvalue weighted by molar-refractivity contribution is 8.10. The van der Waals surface area contributed by atoms with Crippen LogP contribution in [0.5, 0.6) is 0 Å². The summed E-state index contributed by atoms with van der Waals surface area (Å²) in [4.78, 5) is 2.11. The van der Waals surface area contributed by atoms with Gasteiger partial charge in [0, 0.05) is 19.7 Å². The van der Waals surface area contributed by atoms with Crippen LogP contribution in [-0.4, -0.2) is 48.7 Å². The fourth-order valence-electron chi connectivity index (χ4n) is 1.57. The molecule has 108 valence electrons. The first kappa shape index (κ1) is 18.2. The number of hydrogen-bond acceptors (Lipinski definition) is 3. The highest BCUT2D eigenvalue weighted by Gasteiger charge is 2.05. The Labute approximate surface area is 123 Å². The van der Waals surface area contributed by atoms with E-state index in [1.54, 1.807) is 0 Å². The normalized spacial score (nSPS) is 10.6. The minimum Gasteiger partial charge on any atom is -0.379 e. The van der Waals surface area contributed by atoms with E-state index in [0.717, 1.165) is 19.7 Å². The van der Waals surface area contributed by atoms with E-state index in [1.807, 2.05) is 6.92 Å². The van der Waals surface area contributed by atoms with Crippen molar-refractivity contribution in [3.8, 4) is 0 Å². The van der Waals surface area contributed by atoms with Gasteiger partial charge >= 0.3 is 0 Å². The zero-order valence-electron chi connectivity index (χ0n) is 11.7. The summed E-state index contributed by atoms with van der Waals surface area (Å²) in [7, 11) is 0. The fraction of sp³-hybridized carbons (Fsp3) is 0.923. The minimum absolute atomic E-state index is 0.650. The molecule has 0 radical (unpaired) electrons. The van der Waals surface area contributed by atoms with E-state index in [4.69, 9.17) is 21.7 Å². The van der Waals surface area contributed by atoms with Gasteiger partial charge in [0.15, 0.2) is 0 Å². The van der Waals surface area contributed by atoms with Crippen LogP contribution >= 0.6 is 24.8 Å². The summed E-state index contributed by atoms with van der Waals surface area (Å²) in [6.07, 6.45) is 4.98. The highest BCUT2D eigenvalue weighted by atomic mass is 32.1. The minimum atomic E-state index is 0.650. The fourth-order valence-corrected chi connectivity index (χ4v) is 1.95. The van der Waals surface area contributed by atoms with Gasteiger partial charge in [0.1, 0.15) is 4.32 Å². The van der Waals surface area contributed by atoms with Gasteiger partial charge in [-0.2, -0.15) is 0 Å². The molecule has 0 N–H and O–H groups in total. The van der Waals surface area contributed by atoms with Crippen molar-refractivity contribution >= 4 is 29.2 Å². The lowest BCUT2D eigenvalue weighted by atomic mass is 10.2. The maximum atomic E-state index is 5.48. The van der Waals surface area contributed by atoms with E-state index < -0.39 is 0 Å². The SMILES string of the molecule is CCCCCCN(CCOCCOCC)C(=S)S. The second-order valence-corrected chi connectivity index (χ2v) is 5.25. The van der Waals surface area contributed by atoms with Gasteiger partial charge in [0.25, 0.3) is 0 Å². The first-order chi connectivity index (χ1) is 8.72. The number of unbranched alkanes of at least 4 members (excludes halogenated alkanes) is 3. The average molecular weight is 293 g/mol. The largest absolute Gasteiger partial charge is 0.379 e. The number of hydrogen-bond donors (Lipinski definition) is 1. The van der Waals surface area contributed by atoms with Crippen molar-refractivity contribution in [3.63, 3.8) is 0 Å². The van der Waals surface area contributed by atoms with Gasteiger partial charge in [-0.1, -0.05) is 38.4 Å². The van der Waals surface area contributed by atoms with E-state index in [2.05, 4.69) is 24.5 Å². The topological polar surface area (TPSA) is 21.7 Å². The predicted molar refractivity (Wildman–Crippen MR) is 84.6 cm³/mol. The van der Waals surface area contributed by atoms with Crippen LogP contribution in [-0.2, 0) is 9.47 Å². The van der Waals surface area contributed by atoms with Gasteiger partial charge in [-0.15, -0.1) is 12.6 Å². The van der Waals surface area contributed by atoms with Crippen molar-refractivity contribution in [2.75, 3.05) is 39.5 Å². The van der Waals surface area contributed by atoms with Crippen molar-refractivity contribution in [3.05, 3.63) is 0 Å². The van der Waals surface area contributed by atoms with Crippen LogP contribution in [0.2, 0.25) is 0 Å². The molecule has 0 aliphatic carbocycles. The molecule has 0 aliphatic heterocycles. The van der Waals surface area contributed by atoms with E-state index in [9.17, 15) is 0 Å². The quantitative estimate of drug-likeness (QED) is 0.339. The Morgan fingerprint density at radius 1 is 1.00 bits per heavy atom. The summed E-state index contributed by atoms with van der Waals surface area (Å²) in [5.41, 5.74) is 0. The van der Waals surface area contributed by atoms with Crippen molar-refractivity contribution in [1.82, 2.24) is 4.90 Å². The van der Waals surface area contributed by atoms with Crippen molar-refractivity contribution in [2.45, 2.75) is 39.5 Å². The van der Waals surface area contributed by atoms with Gasteiger partial charge in [0.2, 0.25) is 0 Å². The number of thiocarbonyl (C=S) groups is 1. The van der Waals surface area contributed by atoms with Crippen molar-refractivity contribution in [1.29, 1.82) is 0 Å². The first-order valence-corrected chi connectivity index (χ1v) is 7.71. The lowest BCUT2D eigenvalue weighted by molar-refractivity contribution is 0.0487. The highest BCUT2D eigenvalue weighted by Crippen LogP contribution is 2.04. The summed E-state index contributed by atoms with van der Waals surface area (Å²) >= 11 is 9.38. The molecule has 0 amide bonds. The molecule has 0 aromatic heterocycles. The van der Waals surface area contributed by atoms with Gasteiger partial charge < -0.3 is 14.4 Å². The summed E-state index contributed by atoms with van der Waals surface area (Å²) < 4.78 is 11.4. The first-order valence-electron chi connectivity index (χ1n) is 6.85.